The molecule has 0 radical (unpaired) electrons. The van der Waals surface area contributed by atoms with Gasteiger partial charge in [0.05, 0.1) is 18.6 Å². The zero-order valence-electron chi connectivity index (χ0n) is 21.1. The first-order valence-corrected chi connectivity index (χ1v) is 13.6. The Balaban J connectivity index is 1.39. The van der Waals surface area contributed by atoms with Crippen molar-refractivity contribution in [3.05, 3.63) is 115 Å². The molecule has 3 saturated heterocycles. The number of aliphatic hydroxyl groups is 1. The molecule has 0 spiro atoms. The lowest BCUT2D eigenvalue weighted by molar-refractivity contribution is -0.984. The van der Waals surface area contributed by atoms with E-state index in [9.17, 15) is 5.11 Å². The maximum absolute atomic E-state index is 12.1. The average molecular weight is 486 g/mol. The predicted molar refractivity (Wildman–Crippen MR) is 152 cm³/mol. The molecule has 2 bridgehead atoms. The lowest BCUT2D eigenvalue weighted by atomic mass is 9.71. The zero-order chi connectivity index (χ0) is 25.0. The molecule has 5 aromatic rings. The maximum atomic E-state index is 12.1. The van der Waals surface area contributed by atoms with Crippen molar-refractivity contribution in [3.63, 3.8) is 0 Å². The summed E-state index contributed by atoms with van der Waals surface area (Å²) in [5, 5.41) is 18.4. The molecular weight excluding hydrogens is 452 g/mol. The lowest BCUT2D eigenvalue weighted by Gasteiger charge is -2.58. The van der Waals surface area contributed by atoms with E-state index < -0.39 is 6.10 Å². The van der Waals surface area contributed by atoms with Gasteiger partial charge in [-0.2, -0.15) is 0 Å². The molecule has 3 aliphatic rings. The highest BCUT2D eigenvalue weighted by Crippen LogP contribution is 2.49. The van der Waals surface area contributed by atoms with E-state index in [0.717, 1.165) is 47.0 Å². The third-order valence-corrected chi connectivity index (χ3v) is 9.40. The molecule has 3 aliphatic heterocycles. The Morgan fingerprint density at radius 3 is 2.32 bits per heavy atom. The minimum absolute atomic E-state index is 0.137. The summed E-state index contributed by atoms with van der Waals surface area (Å²) in [4.78, 5) is 4.57. The van der Waals surface area contributed by atoms with Gasteiger partial charge in [-0.05, 0) is 51.2 Å². The van der Waals surface area contributed by atoms with Crippen LogP contribution in [0.4, 0.5) is 0 Å². The van der Waals surface area contributed by atoms with E-state index in [1.54, 1.807) is 0 Å². The van der Waals surface area contributed by atoms with Crippen LogP contribution in [-0.2, 0) is 6.54 Å². The normalized spacial score (nSPS) is 26.0. The number of para-hydroxylation sites is 1. The van der Waals surface area contributed by atoms with Gasteiger partial charge in [0.25, 0.3) is 0 Å². The lowest BCUT2D eigenvalue weighted by Crippen LogP contribution is -2.67. The van der Waals surface area contributed by atoms with Gasteiger partial charge in [0.1, 0.15) is 18.7 Å². The number of hydrogen-bond donors (Lipinski definition) is 1. The molecule has 3 fully saturated rings. The van der Waals surface area contributed by atoms with Crippen molar-refractivity contribution >= 4 is 32.4 Å². The first-order valence-electron chi connectivity index (χ1n) is 13.6. The molecule has 5 atom stereocenters. The van der Waals surface area contributed by atoms with Crippen LogP contribution in [0.5, 0.6) is 0 Å². The minimum atomic E-state index is -0.539. The number of pyridine rings is 1. The number of nitrogens with zero attached hydrogens (tertiary/aromatic N) is 2. The summed E-state index contributed by atoms with van der Waals surface area (Å²) in [6, 6.07) is 30.3. The number of aliphatic hydroxyl groups excluding tert-OH is 1. The molecule has 1 N–H and O–H groups in total. The van der Waals surface area contributed by atoms with E-state index in [4.69, 9.17) is 0 Å². The molecule has 4 heterocycles. The molecule has 3 nitrogen and oxygen atoms in total. The Hall–Kier alpha value is -3.53. The number of benzene rings is 4. The third kappa shape index (κ3) is 3.60. The minimum Gasteiger partial charge on any atom is -0.382 e. The summed E-state index contributed by atoms with van der Waals surface area (Å²) in [5.41, 5.74) is 3.37. The zero-order valence-corrected chi connectivity index (χ0v) is 21.1. The molecule has 184 valence electrons. The van der Waals surface area contributed by atoms with Gasteiger partial charge in [-0.15, -0.1) is 6.58 Å². The number of aromatic nitrogens is 1. The number of hydrogen-bond acceptors (Lipinski definition) is 2. The van der Waals surface area contributed by atoms with E-state index in [1.807, 2.05) is 30.5 Å². The van der Waals surface area contributed by atoms with E-state index >= 15 is 0 Å². The monoisotopic (exact) mass is 485 g/mol. The summed E-state index contributed by atoms with van der Waals surface area (Å²) < 4.78 is 0.906. The fourth-order valence-electron chi connectivity index (χ4n) is 7.56. The first-order chi connectivity index (χ1) is 18.2. The largest absolute Gasteiger partial charge is 0.382 e. The Kier molecular flexibility index (Phi) is 5.38. The van der Waals surface area contributed by atoms with E-state index in [2.05, 4.69) is 78.3 Å². The van der Waals surface area contributed by atoms with Gasteiger partial charge >= 0.3 is 0 Å². The van der Waals surface area contributed by atoms with E-state index in [-0.39, 0.29) is 6.04 Å². The smallest absolute Gasteiger partial charge is 0.131 e. The second-order valence-electron chi connectivity index (χ2n) is 11.2. The van der Waals surface area contributed by atoms with Gasteiger partial charge in [-0.1, -0.05) is 72.8 Å². The SMILES string of the molecule is C=CC1C[N@@+]2(Cc3c4ccccc4cc4ccccc34)CCC1C[C@H]2[C@H](O)c1ccnc2ccccc12. The van der Waals surface area contributed by atoms with Gasteiger partial charge < -0.3 is 9.59 Å². The van der Waals surface area contributed by atoms with Crippen molar-refractivity contribution in [1.82, 2.24) is 4.98 Å². The van der Waals surface area contributed by atoms with Gasteiger partial charge in [0, 0.05) is 35.9 Å². The van der Waals surface area contributed by atoms with Crippen LogP contribution in [0.3, 0.4) is 0 Å². The molecular formula is C34H33N2O+. The van der Waals surface area contributed by atoms with Crippen LogP contribution < -0.4 is 0 Å². The quantitative estimate of drug-likeness (QED) is 0.162. The molecule has 8 rings (SSSR count). The fraction of sp³-hybridized carbons (Fsp3) is 0.265. The highest BCUT2D eigenvalue weighted by Gasteiger charge is 2.54. The Morgan fingerprint density at radius 1 is 0.919 bits per heavy atom. The maximum Gasteiger partial charge on any atom is 0.131 e. The predicted octanol–water partition coefficient (Wildman–Crippen LogP) is 7.19. The summed E-state index contributed by atoms with van der Waals surface area (Å²) in [6.45, 7) is 7.28. The standard InChI is InChI=1S/C34H33N2O/c1-2-23-21-36(22-31-27-11-5-3-9-25(27)19-26-10-4-6-12-28(26)31)18-16-24(23)20-33(36)34(37)30-15-17-35-32-14-8-7-13-29(30)32/h2-15,17,19,23-24,33-34,37H,1,16,18,20-22H2/q+1/t23?,24?,33-,34+,36+/m0/s1. The first kappa shape index (κ1) is 22.7. The van der Waals surface area contributed by atoms with Crippen molar-refractivity contribution in [2.24, 2.45) is 11.8 Å². The molecule has 4 aromatic carbocycles. The van der Waals surface area contributed by atoms with Gasteiger partial charge in [-0.25, -0.2) is 0 Å². The second-order valence-corrected chi connectivity index (χ2v) is 11.2. The van der Waals surface area contributed by atoms with Crippen molar-refractivity contribution in [2.45, 2.75) is 31.5 Å². The molecule has 0 amide bonds. The molecule has 3 heteroatoms. The Morgan fingerprint density at radius 2 is 1.59 bits per heavy atom. The molecule has 1 aromatic heterocycles. The second kappa shape index (κ2) is 8.79. The number of fused-ring (bicyclic) bond motifs is 6. The summed E-state index contributed by atoms with van der Waals surface area (Å²) in [5.74, 6) is 1.09. The van der Waals surface area contributed by atoms with Crippen LogP contribution in [0.15, 0.2) is 104 Å². The average Bonchev–Trinajstić information content (AvgIpc) is 2.96. The highest BCUT2D eigenvalue weighted by atomic mass is 16.3. The number of quaternary nitrogens is 1. The number of piperidine rings is 3. The van der Waals surface area contributed by atoms with Crippen molar-refractivity contribution in [1.29, 1.82) is 0 Å². The molecule has 2 unspecified atom stereocenters. The number of rotatable bonds is 5. The highest BCUT2D eigenvalue weighted by molar-refractivity contribution is 6.02. The third-order valence-electron chi connectivity index (χ3n) is 9.40. The van der Waals surface area contributed by atoms with Crippen molar-refractivity contribution in [3.8, 4) is 0 Å². The summed E-state index contributed by atoms with van der Waals surface area (Å²) in [6.07, 6.45) is 5.72. The Labute approximate surface area is 218 Å². The fourth-order valence-corrected chi connectivity index (χ4v) is 7.56. The Bertz CT molecular complexity index is 1580. The van der Waals surface area contributed by atoms with Crippen LogP contribution >= 0.6 is 0 Å². The van der Waals surface area contributed by atoms with Gasteiger partial charge in [-0.3, -0.25) is 4.98 Å². The van der Waals surface area contributed by atoms with Crippen LogP contribution in [0.1, 0.15) is 30.1 Å². The molecule has 0 saturated carbocycles. The van der Waals surface area contributed by atoms with E-state index in [1.165, 1.54) is 33.5 Å². The van der Waals surface area contributed by atoms with E-state index in [0.29, 0.717) is 11.8 Å². The van der Waals surface area contributed by atoms with Crippen LogP contribution in [0.25, 0.3) is 32.4 Å². The van der Waals surface area contributed by atoms with Crippen LogP contribution in [0, 0.1) is 11.8 Å². The van der Waals surface area contributed by atoms with Crippen LogP contribution in [-0.4, -0.2) is 33.7 Å². The van der Waals surface area contributed by atoms with Crippen molar-refractivity contribution < 1.29 is 9.59 Å². The van der Waals surface area contributed by atoms with Crippen molar-refractivity contribution in [2.75, 3.05) is 13.1 Å². The van der Waals surface area contributed by atoms with Gasteiger partial charge in [0.2, 0.25) is 0 Å². The van der Waals surface area contributed by atoms with Crippen LogP contribution in [0.2, 0.25) is 0 Å². The summed E-state index contributed by atoms with van der Waals surface area (Å²) >= 11 is 0. The molecule has 0 aliphatic carbocycles. The summed E-state index contributed by atoms with van der Waals surface area (Å²) in [7, 11) is 0. The van der Waals surface area contributed by atoms with Gasteiger partial charge in [0.15, 0.2) is 0 Å². The molecule has 37 heavy (non-hydrogen) atoms. The topological polar surface area (TPSA) is 33.1 Å².